The molecule has 2 fully saturated rings. The van der Waals surface area contributed by atoms with Crippen LogP contribution < -0.4 is 5.06 Å². The zero-order chi connectivity index (χ0) is 22.3. The Labute approximate surface area is 184 Å². The number of likely N-dealkylation sites (tertiary alicyclic amines) is 1. The van der Waals surface area contributed by atoms with Crippen LogP contribution in [0.1, 0.15) is 38.5 Å². The van der Waals surface area contributed by atoms with Crippen LogP contribution in [0, 0.1) is 0 Å². The monoisotopic (exact) mass is 442 g/mol. The van der Waals surface area contributed by atoms with E-state index in [9.17, 15) is 14.4 Å². The molecule has 2 aromatic heterocycles. The first-order valence-corrected chi connectivity index (χ1v) is 10.9. The van der Waals surface area contributed by atoms with Crippen molar-refractivity contribution in [1.82, 2.24) is 24.6 Å². The van der Waals surface area contributed by atoms with E-state index >= 15 is 0 Å². The number of carbonyl (C=O) groups is 3. The molecule has 4 rings (SSSR count). The van der Waals surface area contributed by atoms with Crippen molar-refractivity contribution in [3.05, 3.63) is 24.7 Å². The molecule has 1 aliphatic carbocycles. The normalized spacial score (nSPS) is 17.2. The Morgan fingerprint density at radius 1 is 1.06 bits per heavy atom. The van der Waals surface area contributed by atoms with Gasteiger partial charge in [0.05, 0.1) is 18.1 Å². The number of anilines is 1. The number of esters is 1. The molecular formula is C21H26N6O5. The van der Waals surface area contributed by atoms with Gasteiger partial charge >= 0.3 is 11.9 Å². The van der Waals surface area contributed by atoms with Crippen molar-refractivity contribution in [2.24, 2.45) is 0 Å². The van der Waals surface area contributed by atoms with Crippen molar-refractivity contribution in [1.29, 1.82) is 0 Å². The number of hydrogen-bond donors (Lipinski definition) is 0. The van der Waals surface area contributed by atoms with E-state index in [2.05, 4.69) is 20.0 Å². The Hall–Kier alpha value is -3.34. The quantitative estimate of drug-likeness (QED) is 0.245. The topological polar surface area (TPSA) is 120 Å². The van der Waals surface area contributed by atoms with Gasteiger partial charge in [0, 0.05) is 18.7 Å². The number of nitrogens with zero attached hydrogens (tertiary/aromatic N) is 6. The maximum atomic E-state index is 12.1. The molecule has 0 aromatic carbocycles. The van der Waals surface area contributed by atoms with Gasteiger partial charge in [0.1, 0.15) is 12.4 Å². The van der Waals surface area contributed by atoms with Crippen molar-refractivity contribution >= 4 is 35.2 Å². The van der Waals surface area contributed by atoms with Gasteiger partial charge in [-0.3, -0.25) is 4.79 Å². The lowest BCUT2D eigenvalue weighted by atomic mass is 10.3. The second-order valence-corrected chi connectivity index (χ2v) is 7.87. The lowest BCUT2D eigenvalue weighted by molar-refractivity contribution is -0.144. The molecule has 0 radical (unpaired) electrons. The number of amides is 1. The molecule has 0 unspecified atom stereocenters. The predicted octanol–water partition coefficient (Wildman–Crippen LogP) is 1.39. The molecule has 170 valence electrons. The van der Waals surface area contributed by atoms with Gasteiger partial charge < -0.3 is 14.5 Å². The molecule has 11 heteroatoms. The van der Waals surface area contributed by atoms with Gasteiger partial charge in [0.15, 0.2) is 11.5 Å². The van der Waals surface area contributed by atoms with Crippen LogP contribution in [-0.2, 0) is 30.5 Å². The first-order valence-electron chi connectivity index (χ1n) is 10.9. The van der Waals surface area contributed by atoms with Gasteiger partial charge in [-0.1, -0.05) is 0 Å². The third-order valence-corrected chi connectivity index (χ3v) is 5.67. The summed E-state index contributed by atoms with van der Waals surface area (Å²) in [6.07, 6.45) is 11.1. The Balaban J connectivity index is 1.39. The van der Waals surface area contributed by atoms with Crippen LogP contribution in [0.15, 0.2) is 24.7 Å². The van der Waals surface area contributed by atoms with Gasteiger partial charge in [0.2, 0.25) is 6.41 Å². The maximum Gasteiger partial charge on any atom is 0.356 e. The summed E-state index contributed by atoms with van der Waals surface area (Å²) >= 11 is 0. The minimum absolute atomic E-state index is 0.0905. The average Bonchev–Trinajstić information content (AvgIpc) is 3.56. The SMILES string of the molecule is O=CN(OC(=O)/C=C\C(=O)OC1CCCC1)c1ncnc2c1cnn2CCN1CCCC1. The number of ether oxygens (including phenoxy) is 1. The molecule has 1 saturated heterocycles. The molecule has 1 aliphatic heterocycles. The van der Waals surface area contributed by atoms with Crippen LogP contribution in [-0.4, -0.2) is 68.7 Å². The van der Waals surface area contributed by atoms with Crippen LogP contribution in [0.4, 0.5) is 5.82 Å². The fourth-order valence-corrected chi connectivity index (χ4v) is 4.05. The lowest BCUT2D eigenvalue weighted by Crippen LogP contribution is -2.26. The molecule has 0 atom stereocenters. The van der Waals surface area contributed by atoms with E-state index in [0.29, 0.717) is 29.1 Å². The second kappa shape index (κ2) is 10.3. The summed E-state index contributed by atoms with van der Waals surface area (Å²) in [4.78, 5) is 51.3. The number of fused-ring (bicyclic) bond motifs is 1. The highest BCUT2D eigenvalue weighted by atomic mass is 16.7. The first-order chi connectivity index (χ1) is 15.6. The highest BCUT2D eigenvalue weighted by Gasteiger charge is 2.21. The van der Waals surface area contributed by atoms with Crippen molar-refractivity contribution < 1.29 is 24.0 Å². The van der Waals surface area contributed by atoms with E-state index in [1.54, 1.807) is 4.68 Å². The first kappa shape index (κ1) is 21.9. The zero-order valence-corrected chi connectivity index (χ0v) is 17.8. The molecule has 2 aliphatic rings. The lowest BCUT2D eigenvalue weighted by Gasteiger charge is -2.15. The molecule has 0 spiro atoms. The molecule has 1 amide bonds. The second-order valence-electron chi connectivity index (χ2n) is 7.87. The predicted molar refractivity (Wildman–Crippen MR) is 113 cm³/mol. The molecule has 11 nitrogen and oxygen atoms in total. The molecule has 0 N–H and O–H groups in total. The van der Waals surface area contributed by atoms with E-state index < -0.39 is 11.9 Å². The van der Waals surface area contributed by atoms with Crippen molar-refractivity contribution in [2.75, 3.05) is 24.7 Å². The van der Waals surface area contributed by atoms with Crippen LogP contribution >= 0.6 is 0 Å². The number of hydroxylamine groups is 1. The van der Waals surface area contributed by atoms with Gasteiger partial charge in [-0.15, -0.1) is 5.06 Å². The molecule has 0 bridgehead atoms. The van der Waals surface area contributed by atoms with Gasteiger partial charge in [-0.25, -0.2) is 24.2 Å². The summed E-state index contributed by atoms with van der Waals surface area (Å²) in [7, 11) is 0. The highest BCUT2D eigenvalue weighted by Crippen LogP contribution is 2.23. The third-order valence-electron chi connectivity index (χ3n) is 5.67. The highest BCUT2D eigenvalue weighted by molar-refractivity contribution is 5.95. The summed E-state index contributed by atoms with van der Waals surface area (Å²) in [5, 5.41) is 5.52. The molecule has 32 heavy (non-hydrogen) atoms. The van der Waals surface area contributed by atoms with Crippen molar-refractivity contribution in [3.63, 3.8) is 0 Å². The average molecular weight is 442 g/mol. The fourth-order valence-electron chi connectivity index (χ4n) is 4.05. The Bertz CT molecular complexity index is 994. The molecule has 2 aromatic rings. The van der Waals surface area contributed by atoms with Crippen LogP contribution in [0.2, 0.25) is 0 Å². The summed E-state index contributed by atoms with van der Waals surface area (Å²) in [5.74, 6) is -1.43. The standard InChI is InChI=1S/C21H26N6O5/c28-15-27(32-19(30)8-7-18(29)31-16-5-1-2-6-16)21-17-13-24-26(20(17)22-14-23-21)12-11-25-9-3-4-10-25/h7-8,13-16H,1-6,9-12H2/b8-7-. The number of rotatable bonds is 9. The molecule has 1 saturated carbocycles. The fraction of sp³-hybridized carbons (Fsp3) is 0.524. The van der Waals surface area contributed by atoms with E-state index in [1.165, 1.54) is 25.4 Å². The number of carbonyl (C=O) groups excluding carboxylic acids is 3. The molecule has 3 heterocycles. The van der Waals surface area contributed by atoms with Crippen molar-refractivity contribution in [2.45, 2.75) is 51.2 Å². The third kappa shape index (κ3) is 5.28. The zero-order valence-electron chi connectivity index (χ0n) is 17.8. The summed E-state index contributed by atoms with van der Waals surface area (Å²) in [5.41, 5.74) is 0.535. The largest absolute Gasteiger partial charge is 0.459 e. The minimum Gasteiger partial charge on any atom is -0.459 e. The Kier molecular flexibility index (Phi) is 7.05. The summed E-state index contributed by atoms with van der Waals surface area (Å²) in [6, 6.07) is 0. The van der Waals surface area contributed by atoms with E-state index in [4.69, 9.17) is 9.57 Å². The Morgan fingerprint density at radius 3 is 2.56 bits per heavy atom. The van der Waals surface area contributed by atoms with Gasteiger partial charge in [-0.2, -0.15) is 5.10 Å². The molecular weight excluding hydrogens is 416 g/mol. The number of aromatic nitrogens is 4. The van der Waals surface area contributed by atoms with Crippen LogP contribution in [0.5, 0.6) is 0 Å². The number of hydrogen-bond acceptors (Lipinski definition) is 9. The van der Waals surface area contributed by atoms with Gasteiger partial charge in [-0.05, 0) is 51.6 Å². The van der Waals surface area contributed by atoms with Crippen LogP contribution in [0.3, 0.4) is 0 Å². The maximum absolute atomic E-state index is 12.1. The van der Waals surface area contributed by atoms with Crippen LogP contribution in [0.25, 0.3) is 11.0 Å². The van der Waals surface area contributed by atoms with E-state index in [-0.39, 0.29) is 11.9 Å². The minimum atomic E-state index is -0.909. The summed E-state index contributed by atoms with van der Waals surface area (Å²) in [6.45, 7) is 3.66. The van der Waals surface area contributed by atoms with Crippen molar-refractivity contribution in [3.8, 4) is 0 Å². The smallest absolute Gasteiger partial charge is 0.356 e. The summed E-state index contributed by atoms with van der Waals surface area (Å²) < 4.78 is 6.98. The van der Waals surface area contributed by atoms with E-state index in [0.717, 1.165) is 57.5 Å². The Morgan fingerprint density at radius 2 is 1.81 bits per heavy atom. The van der Waals surface area contributed by atoms with E-state index in [1.807, 2.05) is 0 Å². The van der Waals surface area contributed by atoms with Gasteiger partial charge in [0.25, 0.3) is 0 Å².